The van der Waals surface area contributed by atoms with Crippen molar-refractivity contribution in [3.63, 3.8) is 0 Å². The third kappa shape index (κ3) is 3.25. The third-order valence-electron chi connectivity index (χ3n) is 7.82. The molecule has 4 bridgehead atoms. The van der Waals surface area contributed by atoms with Gasteiger partial charge in [0.15, 0.2) is 0 Å². The van der Waals surface area contributed by atoms with Gasteiger partial charge in [0.05, 0.1) is 0 Å². The Hall–Kier alpha value is -0.570. The van der Waals surface area contributed by atoms with Crippen molar-refractivity contribution >= 4 is 5.91 Å². The van der Waals surface area contributed by atoms with Gasteiger partial charge in [-0.1, -0.05) is 6.92 Å². The van der Waals surface area contributed by atoms with Crippen LogP contribution in [0.4, 0.5) is 0 Å². The second-order valence-corrected chi connectivity index (χ2v) is 9.75. The van der Waals surface area contributed by atoms with Crippen molar-refractivity contribution in [3.8, 4) is 0 Å². The zero-order valence-corrected chi connectivity index (χ0v) is 15.6. The molecule has 5 rings (SSSR count). The Balaban J connectivity index is 1.31. The zero-order chi connectivity index (χ0) is 16.7. The van der Waals surface area contributed by atoms with E-state index in [1.54, 1.807) is 7.11 Å². The van der Waals surface area contributed by atoms with Crippen LogP contribution in [0.1, 0.15) is 64.7 Å². The highest BCUT2D eigenvalue weighted by molar-refractivity contribution is 5.77. The summed E-state index contributed by atoms with van der Waals surface area (Å²) in [5, 5.41) is 0. The number of piperidine rings is 1. The Bertz CT molecular complexity index is 431. The SMILES string of the molecule is COCC(C)C1CCN(C(=O)CC23CC4CC(CC(C4)C2)C3)CC1. The molecule has 4 saturated carbocycles. The summed E-state index contributed by atoms with van der Waals surface area (Å²) in [6.07, 6.45) is 11.6. The maximum absolute atomic E-state index is 13.0. The number of carbonyl (C=O) groups is 1. The molecule has 0 radical (unpaired) electrons. The van der Waals surface area contributed by atoms with Gasteiger partial charge in [-0.2, -0.15) is 0 Å². The molecule has 1 atom stereocenters. The van der Waals surface area contributed by atoms with E-state index < -0.39 is 0 Å². The molecule has 136 valence electrons. The lowest BCUT2D eigenvalue weighted by atomic mass is 9.49. The van der Waals surface area contributed by atoms with Crippen LogP contribution in [0.15, 0.2) is 0 Å². The van der Waals surface area contributed by atoms with Crippen molar-refractivity contribution in [2.24, 2.45) is 35.0 Å². The molecule has 0 N–H and O–H groups in total. The van der Waals surface area contributed by atoms with Crippen molar-refractivity contribution in [3.05, 3.63) is 0 Å². The minimum Gasteiger partial charge on any atom is -0.384 e. The fourth-order valence-electron chi connectivity index (χ4n) is 7.06. The van der Waals surface area contributed by atoms with Crippen LogP contribution in [-0.4, -0.2) is 37.6 Å². The van der Waals surface area contributed by atoms with Crippen molar-refractivity contribution in [1.29, 1.82) is 0 Å². The molecule has 5 aliphatic rings. The lowest BCUT2D eigenvalue weighted by Gasteiger charge is -2.57. The third-order valence-corrected chi connectivity index (χ3v) is 7.82. The topological polar surface area (TPSA) is 29.5 Å². The number of amides is 1. The quantitative estimate of drug-likeness (QED) is 0.757. The molecule has 4 aliphatic carbocycles. The van der Waals surface area contributed by atoms with E-state index >= 15 is 0 Å². The first-order chi connectivity index (χ1) is 11.6. The lowest BCUT2D eigenvalue weighted by molar-refractivity contribution is -0.141. The number of methoxy groups -OCH3 is 1. The summed E-state index contributed by atoms with van der Waals surface area (Å²) in [5.74, 6) is 4.66. The van der Waals surface area contributed by atoms with Gasteiger partial charge in [-0.15, -0.1) is 0 Å². The lowest BCUT2D eigenvalue weighted by Crippen LogP contribution is -2.49. The van der Waals surface area contributed by atoms with E-state index in [1.165, 1.54) is 38.5 Å². The van der Waals surface area contributed by atoms with Gasteiger partial charge in [0.1, 0.15) is 0 Å². The summed E-state index contributed by atoms with van der Waals surface area (Å²) < 4.78 is 5.31. The van der Waals surface area contributed by atoms with Gasteiger partial charge < -0.3 is 9.64 Å². The highest BCUT2D eigenvalue weighted by Crippen LogP contribution is 2.61. The molecule has 0 aromatic heterocycles. The minimum atomic E-state index is 0.395. The van der Waals surface area contributed by atoms with Crippen LogP contribution in [0, 0.1) is 35.0 Å². The number of nitrogens with zero attached hydrogens (tertiary/aromatic N) is 1. The highest BCUT2D eigenvalue weighted by atomic mass is 16.5. The summed E-state index contributed by atoms with van der Waals surface area (Å²) in [5.41, 5.74) is 0.395. The van der Waals surface area contributed by atoms with Crippen LogP contribution in [0.5, 0.6) is 0 Å². The van der Waals surface area contributed by atoms with Crippen LogP contribution in [-0.2, 0) is 9.53 Å². The van der Waals surface area contributed by atoms with Crippen molar-refractivity contribution in [1.82, 2.24) is 4.90 Å². The summed E-state index contributed by atoms with van der Waals surface area (Å²) in [7, 11) is 1.79. The van der Waals surface area contributed by atoms with Gasteiger partial charge in [0.2, 0.25) is 5.91 Å². The van der Waals surface area contributed by atoms with E-state index in [2.05, 4.69) is 11.8 Å². The normalized spacial score (nSPS) is 40.1. The molecule has 24 heavy (non-hydrogen) atoms. The maximum Gasteiger partial charge on any atom is 0.223 e. The molecule has 1 aliphatic heterocycles. The van der Waals surface area contributed by atoms with Crippen LogP contribution in [0.3, 0.4) is 0 Å². The Labute approximate surface area is 147 Å². The zero-order valence-electron chi connectivity index (χ0n) is 15.6. The summed E-state index contributed by atoms with van der Waals surface area (Å²) in [6, 6.07) is 0. The van der Waals surface area contributed by atoms with E-state index in [4.69, 9.17) is 4.74 Å². The molecule has 0 aromatic carbocycles. The first kappa shape index (κ1) is 16.9. The van der Waals surface area contributed by atoms with Crippen LogP contribution < -0.4 is 0 Å². The largest absolute Gasteiger partial charge is 0.384 e. The Morgan fingerprint density at radius 1 is 1.08 bits per heavy atom. The molecule has 1 heterocycles. The first-order valence-electron chi connectivity index (χ1n) is 10.3. The number of hydrogen-bond donors (Lipinski definition) is 0. The number of carbonyl (C=O) groups excluding carboxylic acids is 1. The van der Waals surface area contributed by atoms with Crippen LogP contribution >= 0.6 is 0 Å². The number of hydrogen-bond acceptors (Lipinski definition) is 2. The molecule has 1 amide bonds. The molecule has 3 heteroatoms. The average molecular weight is 334 g/mol. The molecule has 1 unspecified atom stereocenters. The number of ether oxygens (including phenoxy) is 1. The van der Waals surface area contributed by atoms with E-state index in [0.29, 0.717) is 17.2 Å². The van der Waals surface area contributed by atoms with Crippen LogP contribution in [0.25, 0.3) is 0 Å². The van der Waals surface area contributed by atoms with Gasteiger partial charge in [-0.05, 0) is 86.4 Å². The molecular weight excluding hydrogens is 298 g/mol. The van der Waals surface area contributed by atoms with Gasteiger partial charge in [-0.3, -0.25) is 4.79 Å². The summed E-state index contributed by atoms with van der Waals surface area (Å²) >= 11 is 0. The Morgan fingerprint density at radius 3 is 2.12 bits per heavy atom. The average Bonchev–Trinajstić information content (AvgIpc) is 2.53. The standard InChI is InChI=1S/C21H35NO2/c1-15(14-24-2)19-3-5-22(6-4-19)20(23)13-21-10-16-7-17(11-21)9-18(8-16)12-21/h15-19H,3-14H2,1-2H3. The fraction of sp³-hybridized carbons (Fsp3) is 0.952. The van der Waals surface area contributed by atoms with Crippen LogP contribution in [0.2, 0.25) is 0 Å². The van der Waals surface area contributed by atoms with Gasteiger partial charge in [0.25, 0.3) is 0 Å². The molecule has 0 spiro atoms. The van der Waals surface area contributed by atoms with Gasteiger partial charge in [-0.25, -0.2) is 0 Å². The van der Waals surface area contributed by atoms with E-state index in [9.17, 15) is 4.79 Å². The highest BCUT2D eigenvalue weighted by Gasteiger charge is 2.51. The predicted molar refractivity (Wildman–Crippen MR) is 95.6 cm³/mol. The predicted octanol–water partition coefficient (Wildman–Crippen LogP) is 4.11. The fourth-order valence-corrected chi connectivity index (χ4v) is 7.06. The Morgan fingerprint density at radius 2 is 1.62 bits per heavy atom. The number of rotatable bonds is 5. The second kappa shape index (κ2) is 6.63. The summed E-state index contributed by atoms with van der Waals surface area (Å²) in [4.78, 5) is 15.2. The monoisotopic (exact) mass is 333 g/mol. The molecule has 5 fully saturated rings. The summed E-state index contributed by atoms with van der Waals surface area (Å²) in [6.45, 7) is 5.10. The smallest absolute Gasteiger partial charge is 0.223 e. The van der Waals surface area contributed by atoms with Crippen molar-refractivity contribution in [2.75, 3.05) is 26.8 Å². The molecular formula is C21H35NO2. The van der Waals surface area contributed by atoms with Gasteiger partial charge in [0, 0.05) is 33.2 Å². The number of likely N-dealkylation sites (tertiary alicyclic amines) is 1. The second-order valence-electron chi connectivity index (χ2n) is 9.75. The molecule has 3 nitrogen and oxygen atoms in total. The van der Waals surface area contributed by atoms with Crippen molar-refractivity contribution in [2.45, 2.75) is 64.7 Å². The minimum absolute atomic E-state index is 0.395. The Kier molecular flexibility index (Phi) is 4.66. The molecule has 1 saturated heterocycles. The first-order valence-corrected chi connectivity index (χ1v) is 10.3. The van der Waals surface area contributed by atoms with E-state index in [0.717, 1.165) is 62.6 Å². The van der Waals surface area contributed by atoms with Crippen molar-refractivity contribution < 1.29 is 9.53 Å². The molecule has 0 aromatic rings. The van der Waals surface area contributed by atoms with Gasteiger partial charge >= 0.3 is 0 Å². The maximum atomic E-state index is 13.0. The van der Waals surface area contributed by atoms with E-state index in [1.807, 2.05) is 0 Å². The van der Waals surface area contributed by atoms with E-state index in [-0.39, 0.29) is 0 Å².